The quantitative estimate of drug-likeness (QED) is 0.863. The highest BCUT2D eigenvalue weighted by molar-refractivity contribution is 5.30. The molecule has 2 rings (SSSR count). The molecule has 0 aliphatic carbocycles. The zero-order valence-electron chi connectivity index (χ0n) is 10.8. The molecule has 0 aromatic carbocycles. The molecule has 0 atom stereocenters. The van der Waals surface area contributed by atoms with Crippen LogP contribution in [0.25, 0.3) is 0 Å². The second-order valence-corrected chi connectivity index (χ2v) is 5.31. The summed E-state index contributed by atoms with van der Waals surface area (Å²) in [6, 6.07) is 0.353. The standard InChI is InChI=1S/C13H22N4/c1-10(2)7-11-8-15-13(16-9-11)17-5-3-12(14)4-6-17/h8-10,12H,3-7,14H2,1-2H3. The Morgan fingerprint density at radius 2 is 1.88 bits per heavy atom. The fraction of sp³-hybridized carbons (Fsp3) is 0.692. The Hall–Kier alpha value is -1.16. The van der Waals surface area contributed by atoms with Gasteiger partial charge in [0.15, 0.2) is 0 Å². The van der Waals surface area contributed by atoms with Crippen LogP contribution < -0.4 is 10.6 Å². The molecule has 1 aromatic rings. The van der Waals surface area contributed by atoms with Crippen molar-refractivity contribution >= 4 is 5.95 Å². The van der Waals surface area contributed by atoms with E-state index in [-0.39, 0.29) is 0 Å². The van der Waals surface area contributed by atoms with Gasteiger partial charge in [-0.1, -0.05) is 13.8 Å². The Morgan fingerprint density at radius 1 is 1.29 bits per heavy atom. The van der Waals surface area contributed by atoms with Gasteiger partial charge in [-0.3, -0.25) is 0 Å². The van der Waals surface area contributed by atoms with Gasteiger partial charge in [0.1, 0.15) is 0 Å². The Labute approximate surface area is 103 Å². The van der Waals surface area contributed by atoms with Gasteiger partial charge < -0.3 is 10.6 Å². The van der Waals surface area contributed by atoms with Gasteiger partial charge in [0.25, 0.3) is 0 Å². The van der Waals surface area contributed by atoms with Crippen LogP contribution in [0.3, 0.4) is 0 Å². The van der Waals surface area contributed by atoms with Crippen molar-refractivity contribution in [1.82, 2.24) is 9.97 Å². The number of piperidine rings is 1. The highest BCUT2D eigenvalue weighted by atomic mass is 15.2. The normalized spacial score (nSPS) is 17.8. The number of hydrogen-bond donors (Lipinski definition) is 1. The summed E-state index contributed by atoms with van der Waals surface area (Å²) < 4.78 is 0. The second-order valence-electron chi connectivity index (χ2n) is 5.31. The zero-order chi connectivity index (χ0) is 12.3. The maximum Gasteiger partial charge on any atom is 0.225 e. The van der Waals surface area contributed by atoms with Gasteiger partial charge in [0, 0.05) is 31.5 Å². The van der Waals surface area contributed by atoms with E-state index in [0.29, 0.717) is 12.0 Å². The summed E-state index contributed by atoms with van der Waals surface area (Å²) >= 11 is 0. The maximum atomic E-state index is 5.89. The third-order valence-corrected chi connectivity index (χ3v) is 3.16. The molecule has 1 aliphatic heterocycles. The van der Waals surface area contributed by atoms with E-state index in [2.05, 4.69) is 28.7 Å². The van der Waals surface area contributed by atoms with Gasteiger partial charge in [-0.05, 0) is 30.7 Å². The molecule has 0 amide bonds. The van der Waals surface area contributed by atoms with E-state index in [1.807, 2.05) is 12.4 Å². The predicted octanol–water partition coefficient (Wildman–Crippen LogP) is 1.60. The lowest BCUT2D eigenvalue weighted by atomic mass is 10.1. The third-order valence-electron chi connectivity index (χ3n) is 3.16. The third kappa shape index (κ3) is 3.40. The minimum Gasteiger partial charge on any atom is -0.341 e. The summed E-state index contributed by atoms with van der Waals surface area (Å²) in [5, 5.41) is 0. The molecule has 2 heterocycles. The lowest BCUT2D eigenvalue weighted by molar-refractivity contribution is 0.495. The molecule has 94 valence electrons. The average molecular weight is 234 g/mol. The van der Waals surface area contributed by atoms with Gasteiger partial charge in [0.2, 0.25) is 5.95 Å². The van der Waals surface area contributed by atoms with Crippen LogP contribution in [0.4, 0.5) is 5.95 Å². The first-order valence-corrected chi connectivity index (χ1v) is 6.46. The van der Waals surface area contributed by atoms with Crippen LogP contribution >= 0.6 is 0 Å². The molecule has 0 radical (unpaired) electrons. The van der Waals surface area contributed by atoms with Crippen molar-refractivity contribution in [3.63, 3.8) is 0 Å². The Morgan fingerprint density at radius 3 is 2.41 bits per heavy atom. The summed E-state index contributed by atoms with van der Waals surface area (Å²) in [4.78, 5) is 11.1. The Kier molecular flexibility index (Phi) is 3.94. The van der Waals surface area contributed by atoms with Crippen molar-refractivity contribution in [3.8, 4) is 0 Å². The average Bonchev–Trinajstić information content (AvgIpc) is 2.30. The maximum absolute atomic E-state index is 5.89. The summed E-state index contributed by atoms with van der Waals surface area (Å²) in [6.07, 6.45) is 7.03. The van der Waals surface area contributed by atoms with Crippen LogP contribution in [0.2, 0.25) is 0 Å². The van der Waals surface area contributed by atoms with E-state index in [0.717, 1.165) is 38.3 Å². The molecule has 0 spiro atoms. The van der Waals surface area contributed by atoms with E-state index in [1.165, 1.54) is 5.56 Å². The topological polar surface area (TPSA) is 55.0 Å². The number of nitrogens with two attached hydrogens (primary N) is 1. The van der Waals surface area contributed by atoms with Crippen molar-refractivity contribution in [1.29, 1.82) is 0 Å². The number of rotatable bonds is 3. The largest absolute Gasteiger partial charge is 0.341 e. The smallest absolute Gasteiger partial charge is 0.225 e. The summed E-state index contributed by atoms with van der Waals surface area (Å²) in [5.74, 6) is 1.50. The molecular formula is C13H22N4. The predicted molar refractivity (Wildman–Crippen MR) is 70.0 cm³/mol. The zero-order valence-corrected chi connectivity index (χ0v) is 10.8. The molecule has 4 heteroatoms. The molecule has 2 N–H and O–H groups in total. The van der Waals surface area contributed by atoms with Crippen LogP contribution in [0.15, 0.2) is 12.4 Å². The van der Waals surface area contributed by atoms with Gasteiger partial charge in [-0.15, -0.1) is 0 Å². The highest BCUT2D eigenvalue weighted by Gasteiger charge is 2.17. The monoisotopic (exact) mass is 234 g/mol. The molecular weight excluding hydrogens is 212 g/mol. The van der Waals surface area contributed by atoms with Crippen LogP contribution in [0.1, 0.15) is 32.3 Å². The summed E-state index contributed by atoms with van der Waals surface area (Å²) in [6.45, 7) is 6.37. The van der Waals surface area contributed by atoms with E-state index < -0.39 is 0 Å². The van der Waals surface area contributed by atoms with Crippen molar-refractivity contribution in [2.45, 2.75) is 39.2 Å². The first kappa shape index (κ1) is 12.3. The molecule has 4 nitrogen and oxygen atoms in total. The molecule has 1 aliphatic rings. The van der Waals surface area contributed by atoms with Crippen LogP contribution in [-0.4, -0.2) is 29.1 Å². The number of aromatic nitrogens is 2. The number of anilines is 1. The number of nitrogens with zero attached hydrogens (tertiary/aromatic N) is 3. The lowest BCUT2D eigenvalue weighted by Crippen LogP contribution is -2.40. The molecule has 0 saturated carbocycles. The van der Waals surface area contributed by atoms with Crippen molar-refractivity contribution < 1.29 is 0 Å². The van der Waals surface area contributed by atoms with Gasteiger partial charge in [0.05, 0.1) is 0 Å². The van der Waals surface area contributed by atoms with Crippen LogP contribution in [0, 0.1) is 5.92 Å². The fourth-order valence-corrected chi connectivity index (χ4v) is 2.19. The minimum absolute atomic E-state index is 0.353. The van der Waals surface area contributed by atoms with E-state index in [9.17, 15) is 0 Å². The minimum atomic E-state index is 0.353. The first-order valence-electron chi connectivity index (χ1n) is 6.46. The molecule has 1 fully saturated rings. The number of hydrogen-bond acceptors (Lipinski definition) is 4. The molecule has 1 aromatic heterocycles. The van der Waals surface area contributed by atoms with Gasteiger partial charge in [-0.2, -0.15) is 0 Å². The van der Waals surface area contributed by atoms with Crippen molar-refractivity contribution in [2.75, 3.05) is 18.0 Å². The molecule has 0 bridgehead atoms. The second kappa shape index (κ2) is 5.45. The molecule has 0 unspecified atom stereocenters. The summed E-state index contributed by atoms with van der Waals surface area (Å²) in [7, 11) is 0. The summed E-state index contributed by atoms with van der Waals surface area (Å²) in [5.41, 5.74) is 7.11. The van der Waals surface area contributed by atoms with Gasteiger partial charge >= 0.3 is 0 Å². The van der Waals surface area contributed by atoms with E-state index >= 15 is 0 Å². The van der Waals surface area contributed by atoms with Crippen LogP contribution in [0.5, 0.6) is 0 Å². The molecule has 17 heavy (non-hydrogen) atoms. The Balaban J connectivity index is 1.97. The highest BCUT2D eigenvalue weighted by Crippen LogP contribution is 2.15. The van der Waals surface area contributed by atoms with E-state index in [4.69, 9.17) is 5.73 Å². The fourth-order valence-electron chi connectivity index (χ4n) is 2.19. The van der Waals surface area contributed by atoms with Crippen LogP contribution in [-0.2, 0) is 6.42 Å². The van der Waals surface area contributed by atoms with Crippen molar-refractivity contribution in [3.05, 3.63) is 18.0 Å². The Bertz CT molecular complexity index is 339. The molecule has 1 saturated heterocycles. The lowest BCUT2D eigenvalue weighted by Gasteiger charge is -2.30. The van der Waals surface area contributed by atoms with Gasteiger partial charge in [-0.25, -0.2) is 9.97 Å². The van der Waals surface area contributed by atoms with E-state index in [1.54, 1.807) is 0 Å². The van der Waals surface area contributed by atoms with Crippen molar-refractivity contribution in [2.24, 2.45) is 11.7 Å². The first-order chi connectivity index (χ1) is 8.15. The SMILES string of the molecule is CC(C)Cc1cnc(N2CCC(N)CC2)nc1.